The Morgan fingerprint density at radius 1 is 1.00 bits per heavy atom. The van der Waals surface area contributed by atoms with Crippen molar-refractivity contribution >= 4 is 17.1 Å². The van der Waals surface area contributed by atoms with Crippen molar-refractivity contribution in [3.63, 3.8) is 0 Å². The Hall–Kier alpha value is -1.09. The molecular weight excluding hydrogens is 448 g/mol. The highest BCUT2D eigenvalue weighted by molar-refractivity contribution is 6.83. The van der Waals surface area contributed by atoms with E-state index in [1.165, 1.54) is 16.8 Å². The Bertz CT molecular complexity index is 898. The second-order valence-electron chi connectivity index (χ2n) is 10.1. The number of fused-ring (bicyclic) bond motifs is 1. The molecule has 11 heteroatoms. The highest BCUT2D eigenvalue weighted by atomic mass is 28.5. The Labute approximate surface area is 191 Å². The Balaban J connectivity index is 2.08. The molecule has 9 nitrogen and oxygen atoms in total. The van der Waals surface area contributed by atoms with Crippen molar-refractivity contribution < 1.29 is 22.8 Å². The Morgan fingerprint density at radius 3 is 2.06 bits per heavy atom. The third-order valence-electron chi connectivity index (χ3n) is 6.77. The summed E-state index contributed by atoms with van der Waals surface area (Å²) in [6.07, 6.45) is -2.04. The molecule has 3 rings (SSSR count). The summed E-state index contributed by atoms with van der Waals surface area (Å²) in [5.74, 6) is 0. The topological polar surface area (TPSA) is 112 Å². The van der Waals surface area contributed by atoms with E-state index in [1.807, 2.05) is 0 Å². The summed E-state index contributed by atoms with van der Waals surface area (Å²) < 4.78 is 27.9. The molecule has 2 fully saturated rings. The largest absolute Gasteiger partial charge is 0.414 e. The van der Waals surface area contributed by atoms with Crippen molar-refractivity contribution in [1.82, 2.24) is 9.55 Å². The first kappa shape index (κ1) is 25.5. The highest BCUT2D eigenvalue weighted by Crippen LogP contribution is 2.48. The van der Waals surface area contributed by atoms with E-state index < -0.39 is 52.9 Å². The molecule has 2 saturated heterocycles. The van der Waals surface area contributed by atoms with Gasteiger partial charge in [0.2, 0.25) is 0 Å². The number of aliphatic hydroxyl groups is 1. The summed E-state index contributed by atoms with van der Waals surface area (Å²) in [7, 11) is -5.63. The van der Waals surface area contributed by atoms with Gasteiger partial charge in [-0.15, -0.1) is 0 Å². The van der Waals surface area contributed by atoms with Crippen LogP contribution in [0, 0.1) is 0 Å². The van der Waals surface area contributed by atoms with Crippen LogP contribution >= 0.6 is 0 Å². The number of hydrogen-bond acceptors (Lipinski definition) is 7. The zero-order valence-corrected chi connectivity index (χ0v) is 22.3. The molecule has 0 bridgehead atoms. The number of nitrogens with one attached hydrogen (secondary N) is 1. The molecule has 0 amide bonds. The van der Waals surface area contributed by atoms with Gasteiger partial charge in [0.25, 0.3) is 5.56 Å². The van der Waals surface area contributed by atoms with Crippen molar-refractivity contribution in [1.29, 1.82) is 0 Å². The van der Waals surface area contributed by atoms with Crippen molar-refractivity contribution in [3.8, 4) is 0 Å². The minimum Gasteiger partial charge on any atom is -0.414 e. The van der Waals surface area contributed by atoms with Gasteiger partial charge >= 0.3 is 22.8 Å². The van der Waals surface area contributed by atoms with E-state index in [-0.39, 0.29) is 28.8 Å². The molecule has 0 aromatic carbocycles. The van der Waals surface area contributed by atoms with E-state index >= 15 is 0 Å². The fourth-order valence-corrected chi connectivity index (χ4v) is 16.2. The molecule has 2 N–H and O–H groups in total. The zero-order valence-electron chi connectivity index (χ0n) is 20.3. The van der Waals surface area contributed by atoms with Crippen molar-refractivity contribution in [2.75, 3.05) is 6.61 Å². The minimum absolute atomic E-state index is 0.108. The van der Waals surface area contributed by atoms with Crippen LogP contribution < -0.4 is 11.2 Å². The first-order valence-corrected chi connectivity index (χ1v) is 15.5. The first-order chi connectivity index (χ1) is 14.9. The number of ether oxygens (including phenoxy) is 1. The molecule has 2 aliphatic rings. The molecule has 0 aliphatic carbocycles. The van der Waals surface area contributed by atoms with Gasteiger partial charge in [0.15, 0.2) is 6.23 Å². The number of aromatic amines is 1. The average molecular weight is 487 g/mol. The standard InChI is InChI=1S/C21H38N2O7Si2/c1-12(2)31(13(3)4)27-11-16-19(29-32(30-31,14(5)6)15(7)8)18(25)20(28-16)23-10-9-17(24)22-21(23)26/h9-10,12-16,18-20,25H,11H2,1-8H3,(H,22,24,26)/t16-,18-,19?,20-/m1/s1. The van der Waals surface area contributed by atoms with Crippen LogP contribution in [0.4, 0.5) is 0 Å². The molecule has 2 aliphatic heterocycles. The van der Waals surface area contributed by atoms with Gasteiger partial charge in [-0.2, -0.15) is 0 Å². The number of rotatable bonds is 5. The van der Waals surface area contributed by atoms with Crippen LogP contribution in [0.1, 0.15) is 61.6 Å². The smallest absolute Gasteiger partial charge is 0.335 e. The Morgan fingerprint density at radius 2 is 1.56 bits per heavy atom. The molecule has 1 aromatic heterocycles. The summed E-state index contributed by atoms with van der Waals surface area (Å²) in [5.41, 5.74) is -0.551. The van der Waals surface area contributed by atoms with Crippen LogP contribution in [0.2, 0.25) is 22.2 Å². The van der Waals surface area contributed by atoms with Crippen molar-refractivity contribution in [3.05, 3.63) is 33.1 Å². The molecule has 182 valence electrons. The van der Waals surface area contributed by atoms with Gasteiger partial charge in [-0.3, -0.25) is 14.3 Å². The quantitative estimate of drug-likeness (QED) is 0.616. The normalized spacial score (nSPS) is 30.0. The van der Waals surface area contributed by atoms with Crippen LogP contribution in [0.25, 0.3) is 0 Å². The predicted octanol–water partition coefficient (Wildman–Crippen LogP) is 2.75. The summed E-state index contributed by atoms with van der Waals surface area (Å²) in [5, 5.41) is 11.2. The third kappa shape index (κ3) is 4.24. The van der Waals surface area contributed by atoms with Gasteiger partial charge in [0.1, 0.15) is 18.3 Å². The fourth-order valence-electron chi connectivity index (χ4n) is 4.99. The first-order valence-electron chi connectivity index (χ1n) is 11.5. The molecule has 0 radical (unpaired) electrons. The van der Waals surface area contributed by atoms with Crippen molar-refractivity contribution in [2.45, 2.75) is 102 Å². The van der Waals surface area contributed by atoms with E-state index in [0.717, 1.165) is 0 Å². The number of nitrogens with zero attached hydrogens (tertiary/aromatic N) is 1. The molecule has 4 atom stereocenters. The third-order valence-corrected chi connectivity index (χ3v) is 17.0. The van der Waals surface area contributed by atoms with E-state index in [2.05, 4.69) is 60.4 Å². The second-order valence-corrected chi connectivity index (χ2v) is 19.0. The number of H-pyrrole nitrogens is 1. The monoisotopic (exact) mass is 486 g/mol. The van der Waals surface area contributed by atoms with Gasteiger partial charge in [0.05, 0.1) is 6.61 Å². The number of aliphatic hydroxyl groups excluding tert-OH is 1. The maximum absolute atomic E-state index is 12.4. The van der Waals surface area contributed by atoms with Gasteiger partial charge < -0.3 is 22.8 Å². The number of hydrogen-bond donors (Lipinski definition) is 2. The molecule has 0 spiro atoms. The molecule has 3 heterocycles. The highest BCUT2D eigenvalue weighted by Gasteiger charge is 2.61. The second kappa shape index (κ2) is 9.28. The molecular formula is C21H38N2O7Si2. The predicted molar refractivity (Wildman–Crippen MR) is 125 cm³/mol. The van der Waals surface area contributed by atoms with Crippen LogP contribution in [-0.4, -0.2) is 56.7 Å². The maximum atomic E-state index is 12.4. The minimum atomic E-state index is -2.91. The van der Waals surface area contributed by atoms with Crippen LogP contribution in [-0.2, 0) is 17.7 Å². The van der Waals surface area contributed by atoms with Crippen LogP contribution in [0.5, 0.6) is 0 Å². The van der Waals surface area contributed by atoms with Gasteiger partial charge in [-0.05, 0) is 22.2 Å². The number of aromatic nitrogens is 2. The van der Waals surface area contributed by atoms with Crippen LogP contribution in [0.3, 0.4) is 0 Å². The maximum Gasteiger partial charge on any atom is 0.335 e. The fraction of sp³-hybridized carbons (Fsp3) is 0.810. The molecule has 1 aromatic rings. The average Bonchev–Trinajstić information content (AvgIpc) is 2.96. The SMILES string of the molecule is CC(C)[Si]1(C(C)C)OC[C@H]2O[C@@H](n3ccc(=O)[nH]c3=O)[C@H](O)C2O[Si](C(C)C)(C(C)C)O1. The van der Waals surface area contributed by atoms with Gasteiger partial charge in [-0.25, -0.2) is 4.79 Å². The molecule has 0 saturated carbocycles. The summed E-state index contributed by atoms with van der Waals surface area (Å²) in [4.78, 5) is 26.1. The lowest BCUT2D eigenvalue weighted by Crippen LogP contribution is -2.65. The van der Waals surface area contributed by atoms with Gasteiger partial charge in [0, 0.05) is 12.3 Å². The summed E-state index contributed by atoms with van der Waals surface area (Å²) >= 11 is 0. The lowest BCUT2D eigenvalue weighted by Gasteiger charge is -2.51. The van der Waals surface area contributed by atoms with E-state index in [9.17, 15) is 14.7 Å². The zero-order chi connectivity index (χ0) is 24.0. The van der Waals surface area contributed by atoms with Gasteiger partial charge in [-0.1, -0.05) is 55.4 Å². The van der Waals surface area contributed by atoms with E-state index in [4.69, 9.17) is 17.7 Å². The van der Waals surface area contributed by atoms with Crippen LogP contribution in [0.15, 0.2) is 21.9 Å². The van der Waals surface area contributed by atoms with E-state index in [0.29, 0.717) is 0 Å². The Kier molecular flexibility index (Phi) is 7.40. The molecule has 32 heavy (non-hydrogen) atoms. The van der Waals surface area contributed by atoms with Crippen molar-refractivity contribution in [2.24, 2.45) is 0 Å². The molecule has 1 unspecified atom stereocenters. The lowest BCUT2D eigenvalue weighted by atomic mass is 10.1. The summed E-state index contributed by atoms with van der Waals surface area (Å²) in [6, 6.07) is 1.23. The lowest BCUT2D eigenvalue weighted by molar-refractivity contribution is -0.0600. The summed E-state index contributed by atoms with van der Waals surface area (Å²) in [6.45, 7) is 17.2. The van der Waals surface area contributed by atoms with E-state index in [1.54, 1.807) is 0 Å².